The van der Waals surface area contributed by atoms with Crippen molar-refractivity contribution in [1.29, 1.82) is 0 Å². The summed E-state index contributed by atoms with van der Waals surface area (Å²) >= 11 is 6.00. The number of benzene rings is 2. The maximum atomic E-state index is 15.0. The van der Waals surface area contributed by atoms with Crippen molar-refractivity contribution in [2.75, 3.05) is 14.2 Å². The van der Waals surface area contributed by atoms with Crippen LogP contribution in [0.25, 0.3) is 0 Å². The zero-order chi connectivity index (χ0) is 24.1. The van der Waals surface area contributed by atoms with Crippen molar-refractivity contribution in [3.8, 4) is 11.5 Å². The van der Waals surface area contributed by atoms with Crippen molar-refractivity contribution in [3.63, 3.8) is 0 Å². The Bertz CT molecular complexity index is 1220. The molecule has 2 aromatic carbocycles. The number of methoxy groups -OCH3 is 2. The fraction of sp³-hybridized carbons (Fsp3) is 0.208. The second kappa shape index (κ2) is 10.3. The number of rotatable bonds is 8. The molecule has 3 aromatic rings. The minimum Gasteiger partial charge on any atom is -0.497 e. The molecule has 0 spiro atoms. The summed E-state index contributed by atoms with van der Waals surface area (Å²) in [4.78, 5) is 20.0. The van der Waals surface area contributed by atoms with E-state index in [1.54, 1.807) is 24.8 Å². The van der Waals surface area contributed by atoms with Gasteiger partial charge in [-0.3, -0.25) is 4.79 Å². The third-order valence-electron chi connectivity index (χ3n) is 5.06. The van der Waals surface area contributed by atoms with Gasteiger partial charge in [0.1, 0.15) is 11.6 Å². The van der Waals surface area contributed by atoms with Crippen molar-refractivity contribution < 1.29 is 23.8 Å². The average Bonchev–Trinajstić information content (AvgIpc) is 3.06. The fourth-order valence-corrected chi connectivity index (χ4v) is 3.67. The minimum absolute atomic E-state index is 0.0248. The van der Waals surface area contributed by atoms with Crippen LogP contribution in [0.4, 0.5) is 10.2 Å². The SMILES string of the molecule is C=N/C(=N\c1c(CC(=O)O)c(C)cn1Cc1ccc(OC)cc1)c1ccc(Cl)c(OC)c1F. The average molecular weight is 472 g/mol. The molecule has 172 valence electrons. The van der Waals surface area contributed by atoms with Gasteiger partial charge in [-0.25, -0.2) is 14.4 Å². The van der Waals surface area contributed by atoms with Gasteiger partial charge < -0.3 is 19.1 Å². The largest absolute Gasteiger partial charge is 0.497 e. The lowest BCUT2D eigenvalue weighted by Crippen LogP contribution is -2.06. The lowest BCUT2D eigenvalue weighted by Gasteiger charge is -2.11. The molecule has 0 bridgehead atoms. The summed E-state index contributed by atoms with van der Waals surface area (Å²) in [6, 6.07) is 10.4. The Morgan fingerprint density at radius 2 is 1.88 bits per heavy atom. The molecule has 0 fully saturated rings. The Hall–Kier alpha value is -3.65. The van der Waals surface area contributed by atoms with Crippen LogP contribution in [0.3, 0.4) is 0 Å². The highest BCUT2D eigenvalue weighted by molar-refractivity contribution is 6.32. The van der Waals surface area contributed by atoms with Gasteiger partial charge in [-0.15, -0.1) is 0 Å². The van der Waals surface area contributed by atoms with Crippen LogP contribution in [-0.2, 0) is 17.8 Å². The first kappa shape index (κ1) is 24.0. The molecule has 1 N–H and O–H groups in total. The Labute approximate surface area is 195 Å². The first-order valence-corrected chi connectivity index (χ1v) is 10.3. The number of halogens is 2. The number of carboxylic acids is 1. The van der Waals surface area contributed by atoms with Crippen LogP contribution in [0.15, 0.2) is 52.6 Å². The van der Waals surface area contributed by atoms with Crippen LogP contribution >= 0.6 is 11.6 Å². The summed E-state index contributed by atoms with van der Waals surface area (Å²) in [7, 11) is 2.89. The highest BCUT2D eigenvalue weighted by Crippen LogP contribution is 2.32. The molecule has 0 unspecified atom stereocenters. The molecule has 0 atom stereocenters. The molecule has 7 nitrogen and oxygen atoms in total. The molecule has 9 heteroatoms. The summed E-state index contributed by atoms with van der Waals surface area (Å²) in [5.74, 6) is -0.839. The van der Waals surface area contributed by atoms with Crippen molar-refractivity contribution in [1.82, 2.24) is 4.57 Å². The Morgan fingerprint density at radius 3 is 2.45 bits per heavy atom. The number of aliphatic imine (C=N–C) groups is 2. The molecule has 0 saturated heterocycles. The maximum absolute atomic E-state index is 15.0. The van der Waals surface area contributed by atoms with Gasteiger partial charge >= 0.3 is 5.97 Å². The van der Waals surface area contributed by atoms with Crippen LogP contribution < -0.4 is 9.47 Å². The van der Waals surface area contributed by atoms with Gasteiger partial charge in [0, 0.05) is 18.3 Å². The Balaban J connectivity index is 2.15. The number of ether oxygens (including phenoxy) is 2. The van der Waals surface area contributed by atoms with E-state index in [-0.39, 0.29) is 28.6 Å². The molecule has 0 amide bonds. The predicted molar refractivity (Wildman–Crippen MR) is 126 cm³/mol. The van der Waals surface area contributed by atoms with Crippen molar-refractivity contribution in [2.24, 2.45) is 9.98 Å². The lowest BCUT2D eigenvalue weighted by molar-refractivity contribution is -0.136. The van der Waals surface area contributed by atoms with Gasteiger partial charge in [0.15, 0.2) is 17.4 Å². The minimum atomic E-state index is -1.01. The van der Waals surface area contributed by atoms with E-state index >= 15 is 4.39 Å². The van der Waals surface area contributed by atoms with Crippen LogP contribution in [0.1, 0.15) is 22.3 Å². The molecule has 1 heterocycles. The first-order chi connectivity index (χ1) is 15.8. The number of amidine groups is 1. The molecule has 3 rings (SSSR count). The van der Waals surface area contributed by atoms with E-state index in [1.165, 1.54) is 19.2 Å². The first-order valence-electron chi connectivity index (χ1n) is 9.90. The standard InChI is InChI=1S/C24H23ClFN3O4/c1-14-12-29(13-15-5-7-16(32-3)8-6-15)24(18(14)11-20(30)31)28-23(27-2)17-9-10-19(25)22(33-4)21(17)26/h5-10,12H,2,11,13H2,1,3-4H3,(H,30,31)/b28-23-. The third-order valence-corrected chi connectivity index (χ3v) is 5.36. The molecule has 0 saturated carbocycles. The van der Waals surface area contributed by atoms with Gasteiger partial charge in [-0.2, -0.15) is 0 Å². The summed E-state index contributed by atoms with van der Waals surface area (Å²) in [6.07, 6.45) is 1.55. The lowest BCUT2D eigenvalue weighted by atomic mass is 10.1. The second-order valence-corrected chi connectivity index (χ2v) is 7.60. The van der Waals surface area contributed by atoms with Gasteiger partial charge in [0.05, 0.1) is 31.2 Å². The molecular weight excluding hydrogens is 449 g/mol. The van der Waals surface area contributed by atoms with E-state index in [2.05, 4.69) is 16.7 Å². The van der Waals surface area contributed by atoms with E-state index in [1.807, 2.05) is 24.3 Å². The highest BCUT2D eigenvalue weighted by atomic mass is 35.5. The number of aryl methyl sites for hydroxylation is 1. The summed E-state index contributed by atoms with van der Waals surface area (Å²) < 4.78 is 27.1. The normalized spacial score (nSPS) is 11.4. The smallest absolute Gasteiger partial charge is 0.307 e. The zero-order valence-corrected chi connectivity index (χ0v) is 19.2. The van der Waals surface area contributed by atoms with Crippen molar-refractivity contribution >= 4 is 35.9 Å². The number of carbonyl (C=O) groups is 1. The van der Waals surface area contributed by atoms with Crippen LogP contribution in [0.2, 0.25) is 5.02 Å². The molecule has 0 aliphatic carbocycles. The molecule has 1 aromatic heterocycles. The second-order valence-electron chi connectivity index (χ2n) is 7.20. The third kappa shape index (κ3) is 5.23. The van der Waals surface area contributed by atoms with Gasteiger partial charge in [-0.05, 0) is 49.0 Å². The van der Waals surface area contributed by atoms with E-state index in [0.717, 1.165) is 16.9 Å². The number of aromatic nitrogens is 1. The van der Waals surface area contributed by atoms with Crippen LogP contribution in [0.5, 0.6) is 11.5 Å². The van der Waals surface area contributed by atoms with Crippen molar-refractivity contribution in [3.05, 3.63) is 75.7 Å². The molecular formula is C24H23ClFN3O4. The monoisotopic (exact) mass is 471 g/mol. The van der Waals surface area contributed by atoms with Crippen LogP contribution in [-0.4, -0.2) is 42.4 Å². The number of hydrogen-bond acceptors (Lipinski definition) is 4. The van der Waals surface area contributed by atoms with Gasteiger partial charge in [0.2, 0.25) is 0 Å². The van der Waals surface area contributed by atoms with Crippen LogP contribution in [0, 0.1) is 12.7 Å². The number of carboxylic acid groups (broad SMARTS) is 1. The quantitative estimate of drug-likeness (QED) is 0.367. The summed E-state index contributed by atoms with van der Waals surface area (Å²) in [6.45, 7) is 5.73. The Morgan fingerprint density at radius 1 is 1.18 bits per heavy atom. The van der Waals surface area contributed by atoms with Crippen molar-refractivity contribution in [2.45, 2.75) is 19.9 Å². The fourth-order valence-electron chi connectivity index (χ4n) is 3.45. The Kier molecular flexibility index (Phi) is 7.50. The van der Waals surface area contributed by atoms with Gasteiger partial charge in [0.25, 0.3) is 0 Å². The molecule has 0 aliphatic rings. The van der Waals surface area contributed by atoms with Gasteiger partial charge in [-0.1, -0.05) is 23.7 Å². The zero-order valence-electron chi connectivity index (χ0n) is 18.4. The topological polar surface area (TPSA) is 85.4 Å². The van der Waals surface area contributed by atoms with E-state index in [9.17, 15) is 9.90 Å². The number of nitrogens with zero attached hydrogens (tertiary/aromatic N) is 3. The number of aliphatic carboxylic acids is 1. The maximum Gasteiger partial charge on any atom is 0.307 e. The van der Waals surface area contributed by atoms with E-state index < -0.39 is 11.8 Å². The number of hydrogen-bond donors (Lipinski definition) is 1. The highest BCUT2D eigenvalue weighted by Gasteiger charge is 2.20. The predicted octanol–water partition coefficient (Wildman–Crippen LogP) is 5.06. The molecule has 0 radical (unpaired) electrons. The van der Waals surface area contributed by atoms with E-state index in [4.69, 9.17) is 21.1 Å². The summed E-state index contributed by atoms with van der Waals surface area (Å²) in [5.41, 5.74) is 2.21. The molecule has 33 heavy (non-hydrogen) atoms. The molecule has 0 aliphatic heterocycles. The van der Waals surface area contributed by atoms with E-state index in [0.29, 0.717) is 17.9 Å². The summed E-state index contributed by atoms with van der Waals surface area (Å²) in [5, 5.41) is 9.53.